The summed E-state index contributed by atoms with van der Waals surface area (Å²) in [5.41, 5.74) is -5.50. The van der Waals surface area contributed by atoms with Crippen LogP contribution in [0, 0.1) is 60.4 Å². The molecule has 0 unspecified atom stereocenters. The van der Waals surface area contributed by atoms with Gasteiger partial charge in [-0.1, -0.05) is 29.8 Å². The summed E-state index contributed by atoms with van der Waals surface area (Å²) < 4.78 is 114. The van der Waals surface area contributed by atoms with E-state index in [1.165, 1.54) is 24.3 Å². The maximum absolute atomic E-state index is 14.5. The summed E-state index contributed by atoms with van der Waals surface area (Å²) in [6.45, 7) is 2.35. The summed E-state index contributed by atoms with van der Waals surface area (Å²) in [5.74, 6) is -16.5. The first-order chi connectivity index (χ1) is 13.1. The minimum Gasteiger partial charge on any atom is -0.203 e. The summed E-state index contributed by atoms with van der Waals surface area (Å²) in [6, 6.07) is 5.20. The highest BCUT2D eigenvalue weighted by molar-refractivity contribution is 5.74. The van der Waals surface area contributed by atoms with Gasteiger partial charge in [-0.25, -0.2) is 35.1 Å². The van der Waals surface area contributed by atoms with Crippen LogP contribution in [0.5, 0.6) is 0 Å². The normalized spacial score (nSPS) is 11.2. The van der Waals surface area contributed by atoms with Crippen molar-refractivity contribution in [2.75, 3.05) is 0 Å². The average Bonchev–Trinajstić information content (AvgIpc) is 2.67. The molecule has 0 aromatic heterocycles. The molecule has 3 aromatic rings. The zero-order valence-electron chi connectivity index (χ0n) is 14.3. The molecule has 0 heterocycles. The van der Waals surface area contributed by atoms with Crippen molar-refractivity contribution in [3.8, 4) is 22.3 Å². The number of benzene rings is 3. The number of halogens is 8. The van der Waals surface area contributed by atoms with Gasteiger partial charge in [0.05, 0.1) is 16.7 Å². The highest BCUT2D eigenvalue weighted by Gasteiger charge is 2.33. The molecule has 0 saturated carbocycles. The second-order valence-electron chi connectivity index (χ2n) is 6.13. The van der Waals surface area contributed by atoms with E-state index in [0.717, 1.165) is 0 Å². The molecular weight excluding hydrogens is 392 g/mol. The van der Waals surface area contributed by atoms with Crippen LogP contribution in [0.25, 0.3) is 22.3 Å². The largest absolute Gasteiger partial charge is 0.203 e. The Morgan fingerprint density at radius 2 is 0.750 bits per heavy atom. The molecule has 8 heteroatoms. The van der Waals surface area contributed by atoms with Crippen LogP contribution in [0.1, 0.15) is 11.1 Å². The summed E-state index contributed by atoms with van der Waals surface area (Å²) in [6.07, 6.45) is 0. The third kappa shape index (κ3) is 2.83. The SMILES string of the molecule is Cc1ccc(-c2c(F)c(F)c(-c3c(F)c(F)c(C)c(F)c3F)c(F)c2F)cc1. The number of hydrogen-bond donors (Lipinski definition) is 0. The predicted octanol–water partition coefficient (Wildman–Crippen LogP) is 6.75. The molecule has 0 spiro atoms. The molecule has 0 N–H and O–H groups in total. The molecule has 3 rings (SSSR count). The van der Waals surface area contributed by atoms with Gasteiger partial charge < -0.3 is 0 Å². The molecule has 0 nitrogen and oxygen atoms in total. The zero-order chi connectivity index (χ0) is 20.9. The number of aryl methyl sites for hydroxylation is 1. The van der Waals surface area contributed by atoms with Crippen LogP contribution < -0.4 is 0 Å². The fraction of sp³-hybridized carbons (Fsp3) is 0.100. The van der Waals surface area contributed by atoms with Crippen molar-refractivity contribution in [3.63, 3.8) is 0 Å². The number of rotatable bonds is 2. The standard InChI is InChI=1S/C20H10F8/c1-7-3-5-9(6-4-7)10-15(23)19(27)12(20(28)16(10)24)11-17(25)13(21)8(2)14(22)18(11)26/h3-6H,1-2H3. The monoisotopic (exact) mass is 402 g/mol. The molecule has 0 amide bonds. The Kier molecular flexibility index (Phi) is 4.91. The van der Waals surface area contributed by atoms with E-state index in [-0.39, 0.29) is 5.56 Å². The maximum atomic E-state index is 14.5. The smallest absolute Gasteiger partial charge is 0.170 e. The van der Waals surface area contributed by atoms with Crippen molar-refractivity contribution >= 4 is 0 Å². The summed E-state index contributed by atoms with van der Waals surface area (Å²) in [5, 5.41) is 0. The van der Waals surface area contributed by atoms with Crippen molar-refractivity contribution in [3.05, 3.63) is 81.9 Å². The second-order valence-corrected chi connectivity index (χ2v) is 6.13. The van der Waals surface area contributed by atoms with Gasteiger partial charge in [-0.3, -0.25) is 0 Å². The molecule has 0 fully saturated rings. The van der Waals surface area contributed by atoms with E-state index in [9.17, 15) is 35.1 Å². The van der Waals surface area contributed by atoms with Crippen LogP contribution in [0.4, 0.5) is 35.1 Å². The molecule has 0 atom stereocenters. The van der Waals surface area contributed by atoms with E-state index >= 15 is 0 Å². The first-order valence-corrected chi connectivity index (χ1v) is 7.83. The van der Waals surface area contributed by atoms with Gasteiger partial charge in [0.15, 0.2) is 46.5 Å². The summed E-state index contributed by atoms with van der Waals surface area (Å²) in [7, 11) is 0. The first kappa shape index (κ1) is 19.9. The summed E-state index contributed by atoms with van der Waals surface area (Å²) in [4.78, 5) is 0. The van der Waals surface area contributed by atoms with E-state index in [1.807, 2.05) is 0 Å². The van der Waals surface area contributed by atoms with Gasteiger partial charge in [0.1, 0.15) is 0 Å². The minimum absolute atomic E-state index is 0.243. The second kappa shape index (κ2) is 6.92. The van der Waals surface area contributed by atoms with E-state index < -0.39 is 68.8 Å². The molecule has 0 aliphatic carbocycles. The van der Waals surface area contributed by atoms with Gasteiger partial charge in [0, 0.05) is 5.56 Å². The highest BCUT2D eigenvalue weighted by Crippen LogP contribution is 2.40. The van der Waals surface area contributed by atoms with Crippen molar-refractivity contribution in [2.45, 2.75) is 13.8 Å². The molecular formula is C20H10F8. The van der Waals surface area contributed by atoms with Gasteiger partial charge in [0.2, 0.25) is 0 Å². The lowest BCUT2D eigenvalue weighted by Crippen LogP contribution is -2.09. The molecule has 0 aliphatic heterocycles. The quantitative estimate of drug-likeness (QED) is 0.329. The Morgan fingerprint density at radius 3 is 1.14 bits per heavy atom. The van der Waals surface area contributed by atoms with Crippen molar-refractivity contribution in [2.24, 2.45) is 0 Å². The predicted molar refractivity (Wildman–Crippen MR) is 86.5 cm³/mol. The Hall–Kier alpha value is -2.90. The highest BCUT2D eigenvalue weighted by atomic mass is 19.2. The van der Waals surface area contributed by atoms with Gasteiger partial charge >= 0.3 is 0 Å². The third-order valence-corrected chi connectivity index (χ3v) is 4.34. The molecule has 0 radical (unpaired) electrons. The van der Waals surface area contributed by atoms with Gasteiger partial charge in [-0.2, -0.15) is 0 Å². The van der Waals surface area contributed by atoms with Crippen LogP contribution >= 0.6 is 0 Å². The fourth-order valence-corrected chi connectivity index (χ4v) is 2.79. The Bertz CT molecular complexity index is 1040. The first-order valence-electron chi connectivity index (χ1n) is 7.83. The van der Waals surface area contributed by atoms with Crippen LogP contribution in [0.3, 0.4) is 0 Å². The van der Waals surface area contributed by atoms with Gasteiger partial charge in [0.25, 0.3) is 0 Å². The molecule has 0 aliphatic rings. The zero-order valence-corrected chi connectivity index (χ0v) is 14.3. The number of hydrogen-bond acceptors (Lipinski definition) is 0. The molecule has 0 saturated heterocycles. The van der Waals surface area contributed by atoms with Crippen molar-refractivity contribution in [1.82, 2.24) is 0 Å². The lowest BCUT2D eigenvalue weighted by atomic mass is 9.95. The van der Waals surface area contributed by atoms with Gasteiger partial charge in [-0.15, -0.1) is 0 Å². The lowest BCUT2D eigenvalue weighted by Gasteiger charge is -2.15. The van der Waals surface area contributed by atoms with Crippen molar-refractivity contribution < 1.29 is 35.1 Å². The molecule has 28 heavy (non-hydrogen) atoms. The average molecular weight is 402 g/mol. The van der Waals surface area contributed by atoms with Crippen molar-refractivity contribution in [1.29, 1.82) is 0 Å². The summed E-state index contributed by atoms with van der Waals surface area (Å²) >= 11 is 0. The van der Waals surface area contributed by atoms with E-state index in [1.54, 1.807) is 6.92 Å². The van der Waals surface area contributed by atoms with E-state index in [0.29, 0.717) is 12.5 Å². The van der Waals surface area contributed by atoms with E-state index in [2.05, 4.69) is 0 Å². The van der Waals surface area contributed by atoms with Gasteiger partial charge in [-0.05, 0) is 19.4 Å². The Morgan fingerprint density at radius 1 is 0.429 bits per heavy atom. The minimum atomic E-state index is -2.19. The Labute approximate surface area is 154 Å². The molecule has 146 valence electrons. The van der Waals surface area contributed by atoms with Crippen LogP contribution in [-0.2, 0) is 0 Å². The Balaban J connectivity index is 2.40. The topological polar surface area (TPSA) is 0 Å². The third-order valence-electron chi connectivity index (χ3n) is 4.34. The maximum Gasteiger partial charge on any atom is 0.170 e. The fourth-order valence-electron chi connectivity index (χ4n) is 2.79. The van der Waals surface area contributed by atoms with Crippen LogP contribution in [0.2, 0.25) is 0 Å². The molecule has 3 aromatic carbocycles. The van der Waals surface area contributed by atoms with Crippen LogP contribution in [-0.4, -0.2) is 0 Å². The molecule has 0 bridgehead atoms. The lowest BCUT2D eigenvalue weighted by molar-refractivity contribution is 0.438. The van der Waals surface area contributed by atoms with E-state index in [4.69, 9.17) is 0 Å². The van der Waals surface area contributed by atoms with Crippen LogP contribution in [0.15, 0.2) is 24.3 Å².